The van der Waals surface area contributed by atoms with Crippen LogP contribution >= 0.6 is 0 Å². The van der Waals surface area contributed by atoms with Crippen molar-refractivity contribution in [2.75, 3.05) is 12.3 Å². The summed E-state index contributed by atoms with van der Waals surface area (Å²) < 4.78 is 11.5. The number of hydrogen-bond donors (Lipinski definition) is 1. The number of hydrogen-bond acceptors (Lipinski definition) is 5. The number of esters is 1. The van der Waals surface area contributed by atoms with Crippen LogP contribution < -0.4 is 5.73 Å². The molecule has 1 aromatic heterocycles. The van der Waals surface area contributed by atoms with Gasteiger partial charge in [-0.2, -0.15) is 0 Å². The monoisotopic (exact) mass is 320 g/mol. The molecule has 0 aliphatic carbocycles. The molecule has 2 unspecified atom stereocenters. The zero-order chi connectivity index (χ0) is 17.1. The first-order chi connectivity index (χ1) is 10.8. The summed E-state index contributed by atoms with van der Waals surface area (Å²) in [5.74, 6) is -0.137. The highest BCUT2D eigenvalue weighted by molar-refractivity contribution is 5.79. The minimum absolute atomic E-state index is 0.142. The predicted octanol–water partition coefficient (Wildman–Crippen LogP) is 3.44. The van der Waals surface area contributed by atoms with Crippen LogP contribution in [0, 0.1) is 0 Å². The Balaban J connectivity index is 2.17. The average molecular weight is 320 g/mol. The molecule has 2 heterocycles. The topological polar surface area (TPSA) is 74.4 Å². The van der Waals surface area contributed by atoms with E-state index in [1.54, 1.807) is 6.20 Å². The van der Waals surface area contributed by atoms with Gasteiger partial charge < -0.3 is 15.2 Å². The van der Waals surface area contributed by atoms with Crippen LogP contribution in [0.5, 0.6) is 0 Å². The molecule has 2 atom stereocenters. The molecule has 0 saturated carbocycles. The van der Waals surface area contributed by atoms with Crippen molar-refractivity contribution in [2.45, 2.75) is 70.5 Å². The number of carbonyl (C=O) groups is 1. The minimum Gasteiger partial charge on any atom is -0.464 e. The SMILES string of the molecule is CCCCOC(=O)C1(C)CC(c2ccc(N)cn2)CC(C)(C)O1. The highest BCUT2D eigenvalue weighted by atomic mass is 16.6. The van der Waals surface area contributed by atoms with E-state index in [2.05, 4.69) is 11.9 Å². The maximum atomic E-state index is 12.5. The Bertz CT molecular complexity index is 542. The zero-order valence-electron chi connectivity index (χ0n) is 14.6. The fourth-order valence-electron chi connectivity index (χ4n) is 3.28. The largest absolute Gasteiger partial charge is 0.464 e. The number of ether oxygens (including phenoxy) is 2. The maximum Gasteiger partial charge on any atom is 0.338 e. The van der Waals surface area contributed by atoms with Crippen molar-refractivity contribution in [2.24, 2.45) is 0 Å². The molecule has 5 nitrogen and oxygen atoms in total. The number of unbranched alkanes of at least 4 members (excludes halogenated alkanes) is 1. The van der Waals surface area contributed by atoms with Gasteiger partial charge in [-0.05, 0) is 52.2 Å². The second-order valence-electron chi connectivity index (χ2n) is 7.20. The second kappa shape index (κ2) is 6.87. The number of rotatable bonds is 5. The summed E-state index contributed by atoms with van der Waals surface area (Å²) >= 11 is 0. The predicted molar refractivity (Wildman–Crippen MR) is 90.1 cm³/mol. The number of aromatic nitrogens is 1. The van der Waals surface area contributed by atoms with Crippen molar-refractivity contribution in [3.05, 3.63) is 24.0 Å². The molecule has 2 N–H and O–H groups in total. The van der Waals surface area contributed by atoms with Gasteiger partial charge in [0.05, 0.1) is 24.1 Å². The average Bonchev–Trinajstić information content (AvgIpc) is 2.46. The van der Waals surface area contributed by atoms with E-state index in [0.717, 1.165) is 25.0 Å². The normalized spacial score (nSPS) is 26.7. The van der Waals surface area contributed by atoms with Crippen molar-refractivity contribution in [3.8, 4) is 0 Å². The molecule has 0 amide bonds. The Morgan fingerprint density at radius 2 is 2.13 bits per heavy atom. The third kappa shape index (κ3) is 4.44. The van der Waals surface area contributed by atoms with Crippen LogP contribution in [0.3, 0.4) is 0 Å². The fourth-order valence-corrected chi connectivity index (χ4v) is 3.28. The first kappa shape index (κ1) is 17.7. The van der Waals surface area contributed by atoms with Crippen molar-refractivity contribution < 1.29 is 14.3 Å². The summed E-state index contributed by atoms with van der Waals surface area (Å²) in [5, 5.41) is 0. The van der Waals surface area contributed by atoms with E-state index in [1.807, 2.05) is 32.9 Å². The molecule has 2 rings (SSSR count). The zero-order valence-corrected chi connectivity index (χ0v) is 14.6. The third-order valence-electron chi connectivity index (χ3n) is 4.27. The molecule has 5 heteroatoms. The summed E-state index contributed by atoms with van der Waals surface area (Å²) in [4.78, 5) is 17.0. The van der Waals surface area contributed by atoms with E-state index in [9.17, 15) is 4.79 Å². The molecule has 1 fully saturated rings. The first-order valence-electron chi connectivity index (χ1n) is 8.34. The molecule has 0 spiro atoms. The van der Waals surface area contributed by atoms with E-state index in [0.29, 0.717) is 18.7 Å². The lowest BCUT2D eigenvalue weighted by Crippen LogP contribution is -2.52. The number of nitrogens with two attached hydrogens (primary N) is 1. The van der Waals surface area contributed by atoms with Crippen molar-refractivity contribution in [3.63, 3.8) is 0 Å². The lowest BCUT2D eigenvalue weighted by Gasteiger charge is -2.45. The molecule has 1 aliphatic heterocycles. The van der Waals surface area contributed by atoms with Gasteiger partial charge in [-0.1, -0.05) is 13.3 Å². The summed E-state index contributed by atoms with van der Waals surface area (Å²) in [5.41, 5.74) is 5.95. The molecule has 0 bridgehead atoms. The van der Waals surface area contributed by atoms with Crippen molar-refractivity contribution in [1.29, 1.82) is 0 Å². The highest BCUT2D eigenvalue weighted by Gasteiger charge is 2.48. The van der Waals surface area contributed by atoms with Crippen LogP contribution in [0.4, 0.5) is 5.69 Å². The Labute approximate surface area is 138 Å². The molecule has 23 heavy (non-hydrogen) atoms. The Hall–Kier alpha value is -1.62. The number of nitrogens with zero attached hydrogens (tertiary/aromatic N) is 1. The van der Waals surface area contributed by atoms with Gasteiger partial charge in [-0.15, -0.1) is 0 Å². The van der Waals surface area contributed by atoms with E-state index in [4.69, 9.17) is 15.2 Å². The van der Waals surface area contributed by atoms with Gasteiger partial charge in [-0.25, -0.2) is 4.79 Å². The molecule has 1 aliphatic rings. The summed E-state index contributed by atoms with van der Waals surface area (Å²) in [7, 11) is 0. The highest BCUT2D eigenvalue weighted by Crippen LogP contribution is 2.43. The summed E-state index contributed by atoms with van der Waals surface area (Å²) in [6, 6.07) is 3.78. The standard InChI is InChI=1S/C18H28N2O3/c1-5-6-9-22-16(21)18(4)11-13(10-17(2,3)23-18)15-8-7-14(19)12-20-15/h7-8,12-13H,5-6,9-11,19H2,1-4H3. The van der Waals surface area contributed by atoms with Crippen LogP contribution in [0.25, 0.3) is 0 Å². The van der Waals surface area contributed by atoms with Gasteiger partial charge in [-0.3, -0.25) is 4.98 Å². The van der Waals surface area contributed by atoms with E-state index in [1.165, 1.54) is 0 Å². The van der Waals surface area contributed by atoms with Gasteiger partial charge in [0.2, 0.25) is 0 Å². The van der Waals surface area contributed by atoms with Gasteiger partial charge in [0, 0.05) is 11.6 Å². The van der Waals surface area contributed by atoms with Crippen LogP contribution in [0.1, 0.15) is 65.0 Å². The number of nitrogen functional groups attached to an aromatic ring is 1. The van der Waals surface area contributed by atoms with Gasteiger partial charge in [0.25, 0.3) is 0 Å². The Morgan fingerprint density at radius 1 is 1.39 bits per heavy atom. The van der Waals surface area contributed by atoms with Gasteiger partial charge >= 0.3 is 5.97 Å². The fraction of sp³-hybridized carbons (Fsp3) is 0.667. The quantitative estimate of drug-likeness (QED) is 0.664. The summed E-state index contributed by atoms with van der Waals surface area (Å²) in [6.45, 7) is 8.35. The first-order valence-corrected chi connectivity index (χ1v) is 8.34. The number of pyridine rings is 1. The maximum absolute atomic E-state index is 12.5. The van der Waals surface area contributed by atoms with E-state index >= 15 is 0 Å². The third-order valence-corrected chi connectivity index (χ3v) is 4.27. The second-order valence-corrected chi connectivity index (χ2v) is 7.20. The van der Waals surface area contributed by atoms with Crippen LogP contribution in [-0.4, -0.2) is 28.8 Å². The smallest absolute Gasteiger partial charge is 0.338 e. The van der Waals surface area contributed by atoms with Crippen LogP contribution in [0.2, 0.25) is 0 Å². The van der Waals surface area contributed by atoms with Crippen molar-refractivity contribution >= 4 is 11.7 Å². The molecular weight excluding hydrogens is 292 g/mol. The van der Waals surface area contributed by atoms with Crippen molar-refractivity contribution in [1.82, 2.24) is 4.98 Å². The molecular formula is C18H28N2O3. The Kier molecular flexibility index (Phi) is 5.30. The number of carbonyl (C=O) groups excluding carboxylic acids is 1. The van der Waals surface area contributed by atoms with Gasteiger partial charge in [0.15, 0.2) is 5.60 Å². The molecule has 1 saturated heterocycles. The lowest BCUT2D eigenvalue weighted by molar-refractivity contribution is -0.205. The van der Waals surface area contributed by atoms with Crippen LogP contribution in [-0.2, 0) is 14.3 Å². The van der Waals surface area contributed by atoms with E-state index < -0.39 is 11.2 Å². The Morgan fingerprint density at radius 3 is 2.74 bits per heavy atom. The molecule has 0 aromatic carbocycles. The lowest BCUT2D eigenvalue weighted by atomic mass is 9.78. The minimum atomic E-state index is -0.941. The number of anilines is 1. The summed E-state index contributed by atoms with van der Waals surface area (Å²) in [6.07, 6.45) is 4.90. The molecule has 1 aromatic rings. The molecule has 128 valence electrons. The molecule has 0 radical (unpaired) electrons. The van der Waals surface area contributed by atoms with E-state index in [-0.39, 0.29) is 11.9 Å². The van der Waals surface area contributed by atoms with Gasteiger partial charge in [0.1, 0.15) is 0 Å². The van der Waals surface area contributed by atoms with Crippen LogP contribution in [0.15, 0.2) is 18.3 Å².